The van der Waals surface area contributed by atoms with Gasteiger partial charge in [0.2, 0.25) is 10.0 Å². The van der Waals surface area contributed by atoms with E-state index in [0.29, 0.717) is 6.54 Å². The second-order valence-corrected chi connectivity index (χ2v) is 7.08. The van der Waals surface area contributed by atoms with E-state index in [1.165, 1.54) is 0 Å². The van der Waals surface area contributed by atoms with E-state index in [1.54, 1.807) is 0 Å². The van der Waals surface area contributed by atoms with Gasteiger partial charge in [0.1, 0.15) is 5.75 Å². The molecule has 1 aromatic rings. The molecule has 0 fully saturated rings. The zero-order valence-electron chi connectivity index (χ0n) is 13.0. The maximum Gasteiger partial charge on any atom is 0.222 e. The first-order valence-electron chi connectivity index (χ1n) is 6.61. The molecule has 116 valence electrons. The predicted octanol–water partition coefficient (Wildman–Crippen LogP) is 0.908. The van der Waals surface area contributed by atoms with Crippen LogP contribution in [0.15, 0.2) is 24.3 Å². The smallest absolute Gasteiger partial charge is 0.222 e. The summed E-state index contributed by atoms with van der Waals surface area (Å²) in [6.07, 6.45) is 5.05. The van der Waals surface area contributed by atoms with Gasteiger partial charge in [-0.2, -0.15) is 0 Å². The molecule has 6 heteroatoms. The highest BCUT2D eigenvalue weighted by atomic mass is 32.2. The highest BCUT2D eigenvalue weighted by molar-refractivity contribution is 7.89. The highest BCUT2D eigenvalue weighted by Gasteiger charge is 2.17. The summed E-state index contributed by atoms with van der Waals surface area (Å²) in [5, 5.41) is 0. The molecule has 21 heavy (non-hydrogen) atoms. The van der Waals surface area contributed by atoms with Crippen LogP contribution in [-0.4, -0.2) is 53.8 Å². The summed E-state index contributed by atoms with van der Waals surface area (Å²) in [6.45, 7) is 0.290. The Balaban J connectivity index is 2.85. The monoisotopic (exact) mass is 309 g/mol. The molecule has 1 atom stereocenters. The summed E-state index contributed by atoms with van der Waals surface area (Å²) in [5.74, 6) is 1.85. The maximum atomic E-state index is 11.7. The summed E-state index contributed by atoms with van der Waals surface area (Å²) in [6, 6.07) is 8.00. The average Bonchev–Trinajstić information content (AvgIpc) is 2.38. The number of benzene rings is 1. The lowest BCUT2D eigenvalue weighted by Crippen LogP contribution is -2.35. The van der Waals surface area contributed by atoms with Crippen LogP contribution in [-0.2, 0) is 10.0 Å². The largest absolute Gasteiger partial charge is 0.378 e. The number of nitrogens with zero attached hydrogens (tertiary/aromatic N) is 2. The minimum atomic E-state index is -3.41. The lowest BCUT2D eigenvalue weighted by Gasteiger charge is -2.25. The van der Waals surface area contributed by atoms with Gasteiger partial charge in [-0.1, -0.05) is 18.1 Å². The summed E-state index contributed by atoms with van der Waals surface area (Å²) in [4.78, 5) is 3.99. The van der Waals surface area contributed by atoms with Gasteiger partial charge in [-0.25, -0.2) is 13.1 Å². The van der Waals surface area contributed by atoms with E-state index < -0.39 is 10.0 Å². The average molecular weight is 309 g/mol. The Bertz CT molecular complexity index is 586. The van der Waals surface area contributed by atoms with E-state index in [0.717, 1.165) is 11.3 Å². The van der Waals surface area contributed by atoms with Crippen molar-refractivity contribution in [2.45, 2.75) is 6.04 Å². The van der Waals surface area contributed by atoms with Crippen molar-refractivity contribution in [1.29, 1.82) is 0 Å². The van der Waals surface area contributed by atoms with Gasteiger partial charge < -0.3 is 9.80 Å². The molecule has 0 unspecified atom stereocenters. The number of anilines is 1. The molecule has 0 radical (unpaired) electrons. The molecule has 0 saturated carbocycles. The molecule has 0 aliphatic heterocycles. The van der Waals surface area contributed by atoms with Crippen LogP contribution < -0.4 is 9.62 Å². The zero-order chi connectivity index (χ0) is 16.0. The Morgan fingerprint density at radius 2 is 1.76 bits per heavy atom. The molecule has 0 aromatic heterocycles. The first kappa shape index (κ1) is 17.5. The number of terminal acetylenes is 1. The van der Waals surface area contributed by atoms with Gasteiger partial charge in [-0.05, 0) is 31.8 Å². The quantitative estimate of drug-likeness (QED) is 0.761. The second kappa shape index (κ2) is 7.46. The van der Waals surface area contributed by atoms with Crippen molar-refractivity contribution in [2.24, 2.45) is 0 Å². The Kier molecular flexibility index (Phi) is 6.21. The van der Waals surface area contributed by atoms with Crippen molar-refractivity contribution < 1.29 is 8.42 Å². The Labute approximate surface area is 128 Å². The SMILES string of the molecule is C#CCS(=O)(=O)NC[C@@H](c1ccc(N(C)C)cc1)N(C)C. The molecule has 1 N–H and O–H groups in total. The maximum absolute atomic E-state index is 11.7. The number of sulfonamides is 1. The Hall–Kier alpha value is -1.55. The fourth-order valence-electron chi connectivity index (χ4n) is 1.96. The molecule has 0 aliphatic rings. The van der Waals surface area contributed by atoms with Crippen LogP contribution in [0.2, 0.25) is 0 Å². The van der Waals surface area contributed by atoms with Crippen LogP contribution in [0.25, 0.3) is 0 Å². The normalized spacial score (nSPS) is 13.0. The standard InChI is InChI=1S/C15H23N3O2S/c1-6-11-21(19,20)16-12-15(18(4)5)13-7-9-14(10-8-13)17(2)3/h1,7-10,15-16H,11-12H2,2-5H3/t15-/m0/s1. The third-order valence-corrected chi connectivity index (χ3v) is 4.34. The number of nitrogens with one attached hydrogen (secondary N) is 1. The number of hydrogen-bond donors (Lipinski definition) is 1. The number of hydrogen-bond acceptors (Lipinski definition) is 4. The summed E-state index contributed by atoms with van der Waals surface area (Å²) >= 11 is 0. The van der Waals surface area contributed by atoms with E-state index in [-0.39, 0.29) is 11.8 Å². The minimum absolute atomic E-state index is 0.0474. The van der Waals surface area contributed by atoms with Gasteiger partial charge in [0, 0.05) is 32.4 Å². The predicted molar refractivity (Wildman–Crippen MR) is 87.8 cm³/mol. The summed E-state index contributed by atoms with van der Waals surface area (Å²) in [7, 11) is 4.38. The van der Waals surface area contributed by atoms with Crippen LogP contribution >= 0.6 is 0 Å². The first-order chi connectivity index (χ1) is 9.76. The molecule has 1 aromatic carbocycles. The first-order valence-corrected chi connectivity index (χ1v) is 8.26. The van der Waals surface area contributed by atoms with Crippen LogP contribution in [0.3, 0.4) is 0 Å². The molecule has 0 amide bonds. The van der Waals surface area contributed by atoms with Crippen molar-refractivity contribution >= 4 is 15.7 Å². The van der Waals surface area contributed by atoms with Crippen LogP contribution in [0, 0.1) is 12.3 Å². The van der Waals surface area contributed by atoms with Crippen molar-refractivity contribution in [3.63, 3.8) is 0 Å². The Morgan fingerprint density at radius 3 is 2.19 bits per heavy atom. The molecular formula is C15H23N3O2S. The van der Waals surface area contributed by atoms with E-state index in [2.05, 4.69) is 10.6 Å². The number of likely N-dealkylation sites (N-methyl/N-ethyl adjacent to an activating group) is 1. The molecule has 0 spiro atoms. The molecule has 1 rings (SSSR count). The molecule has 0 heterocycles. The molecule has 0 saturated heterocycles. The lowest BCUT2D eigenvalue weighted by atomic mass is 10.1. The zero-order valence-corrected chi connectivity index (χ0v) is 13.8. The van der Waals surface area contributed by atoms with Crippen LogP contribution in [0.5, 0.6) is 0 Å². The third kappa shape index (κ3) is 5.38. The molecule has 0 bridgehead atoms. The van der Waals surface area contributed by atoms with Crippen molar-refractivity contribution in [1.82, 2.24) is 9.62 Å². The van der Waals surface area contributed by atoms with Crippen molar-refractivity contribution in [2.75, 3.05) is 45.4 Å². The fourth-order valence-corrected chi connectivity index (χ4v) is 2.69. The fraction of sp³-hybridized carbons (Fsp3) is 0.467. The summed E-state index contributed by atoms with van der Waals surface area (Å²) in [5.41, 5.74) is 2.15. The summed E-state index contributed by atoms with van der Waals surface area (Å²) < 4.78 is 25.9. The van der Waals surface area contributed by atoms with E-state index in [4.69, 9.17) is 6.42 Å². The van der Waals surface area contributed by atoms with Crippen LogP contribution in [0.1, 0.15) is 11.6 Å². The van der Waals surface area contributed by atoms with E-state index in [1.807, 2.05) is 62.3 Å². The second-order valence-electron chi connectivity index (χ2n) is 5.28. The Morgan fingerprint density at radius 1 is 1.19 bits per heavy atom. The third-order valence-electron chi connectivity index (χ3n) is 3.19. The topological polar surface area (TPSA) is 52.7 Å². The van der Waals surface area contributed by atoms with E-state index >= 15 is 0 Å². The minimum Gasteiger partial charge on any atom is -0.378 e. The van der Waals surface area contributed by atoms with Crippen molar-refractivity contribution in [3.05, 3.63) is 29.8 Å². The van der Waals surface area contributed by atoms with Crippen molar-refractivity contribution in [3.8, 4) is 12.3 Å². The number of rotatable bonds is 7. The van der Waals surface area contributed by atoms with Gasteiger partial charge in [-0.3, -0.25) is 0 Å². The van der Waals surface area contributed by atoms with Gasteiger partial charge in [0.25, 0.3) is 0 Å². The van der Waals surface area contributed by atoms with E-state index in [9.17, 15) is 8.42 Å². The van der Waals surface area contributed by atoms with Gasteiger partial charge in [0.05, 0.1) is 0 Å². The molecular weight excluding hydrogens is 286 g/mol. The van der Waals surface area contributed by atoms with Gasteiger partial charge >= 0.3 is 0 Å². The van der Waals surface area contributed by atoms with Crippen LogP contribution in [0.4, 0.5) is 5.69 Å². The molecule has 0 aliphatic carbocycles. The van der Waals surface area contributed by atoms with Gasteiger partial charge in [-0.15, -0.1) is 6.42 Å². The highest BCUT2D eigenvalue weighted by Crippen LogP contribution is 2.21. The van der Waals surface area contributed by atoms with Gasteiger partial charge in [0.15, 0.2) is 0 Å². The lowest BCUT2D eigenvalue weighted by molar-refractivity contribution is 0.299. The molecule has 5 nitrogen and oxygen atoms in total.